The molecule has 0 aromatic heterocycles. The standard InChI is InChI=1S/C19H31N3O2/c1-16-4-3-5-17(2)19(16)22-8-6-20(7-9-22)14-18(23)15-21-10-12-24-13-11-21/h3-5,18,23H,6-15H2,1-2H3. The molecule has 1 aromatic carbocycles. The normalized spacial score (nSPS) is 21.9. The van der Waals surface area contributed by atoms with Crippen LogP contribution in [0.25, 0.3) is 0 Å². The van der Waals surface area contributed by atoms with E-state index in [1.54, 1.807) is 0 Å². The summed E-state index contributed by atoms with van der Waals surface area (Å²) in [6.45, 7) is 13.5. The Kier molecular flexibility index (Phi) is 6.11. The maximum Gasteiger partial charge on any atom is 0.0793 e. The summed E-state index contributed by atoms with van der Waals surface area (Å²) in [6, 6.07) is 6.52. The largest absolute Gasteiger partial charge is 0.390 e. The van der Waals surface area contributed by atoms with Crippen molar-refractivity contribution < 1.29 is 9.84 Å². The van der Waals surface area contributed by atoms with Crippen LogP contribution in [0.2, 0.25) is 0 Å². The van der Waals surface area contributed by atoms with Gasteiger partial charge in [-0.05, 0) is 25.0 Å². The molecule has 2 saturated heterocycles. The van der Waals surface area contributed by atoms with Crippen molar-refractivity contribution >= 4 is 5.69 Å². The van der Waals surface area contributed by atoms with Gasteiger partial charge < -0.3 is 14.7 Å². The van der Waals surface area contributed by atoms with Gasteiger partial charge in [-0.1, -0.05) is 18.2 Å². The smallest absolute Gasteiger partial charge is 0.0793 e. The molecule has 3 rings (SSSR count). The molecule has 2 aliphatic rings. The van der Waals surface area contributed by atoms with Crippen molar-refractivity contribution in [3.8, 4) is 0 Å². The molecule has 1 atom stereocenters. The monoisotopic (exact) mass is 333 g/mol. The molecule has 2 aliphatic heterocycles. The molecule has 5 nitrogen and oxygen atoms in total. The number of aliphatic hydroxyl groups excluding tert-OH is 1. The van der Waals surface area contributed by atoms with Crippen LogP contribution in [0.4, 0.5) is 5.69 Å². The van der Waals surface area contributed by atoms with Gasteiger partial charge in [0, 0.05) is 58.0 Å². The zero-order chi connectivity index (χ0) is 16.9. The number of rotatable bonds is 5. The lowest BCUT2D eigenvalue weighted by Gasteiger charge is -2.39. The molecular weight excluding hydrogens is 302 g/mol. The van der Waals surface area contributed by atoms with Crippen molar-refractivity contribution in [1.29, 1.82) is 0 Å². The van der Waals surface area contributed by atoms with E-state index in [2.05, 4.69) is 46.7 Å². The Morgan fingerprint density at radius 3 is 2.04 bits per heavy atom. The van der Waals surface area contributed by atoms with Crippen molar-refractivity contribution in [1.82, 2.24) is 9.80 Å². The number of ether oxygens (including phenoxy) is 1. The number of hydrogen-bond acceptors (Lipinski definition) is 5. The zero-order valence-electron chi connectivity index (χ0n) is 15.1. The highest BCUT2D eigenvalue weighted by Gasteiger charge is 2.22. The molecular formula is C19H31N3O2. The van der Waals surface area contributed by atoms with E-state index in [1.807, 2.05) is 0 Å². The molecule has 0 radical (unpaired) electrons. The van der Waals surface area contributed by atoms with Crippen LogP contribution in [0.3, 0.4) is 0 Å². The number of morpholine rings is 1. The number of aryl methyl sites for hydroxylation is 2. The first-order valence-corrected chi connectivity index (χ1v) is 9.15. The number of para-hydroxylation sites is 1. The summed E-state index contributed by atoms with van der Waals surface area (Å²) in [5.41, 5.74) is 4.11. The van der Waals surface area contributed by atoms with Crippen molar-refractivity contribution in [2.75, 3.05) is 70.5 Å². The van der Waals surface area contributed by atoms with Crippen LogP contribution in [-0.2, 0) is 4.74 Å². The van der Waals surface area contributed by atoms with E-state index in [1.165, 1.54) is 16.8 Å². The predicted octanol–water partition coefficient (Wildman–Crippen LogP) is 1.12. The van der Waals surface area contributed by atoms with E-state index >= 15 is 0 Å². The molecule has 2 fully saturated rings. The number of anilines is 1. The molecule has 2 heterocycles. The van der Waals surface area contributed by atoms with Crippen molar-refractivity contribution in [3.05, 3.63) is 29.3 Å². The van der Waals surface area contributed by atoms with E-state index in [0.29, 0.717) is 0 Å². The van der Waals surface area contributed by atoms with E-state index < -0.39 is 0 Å². The molecule has 0 amide bonds. The maximum atomic E-state index is 10.4. The van der Waals surface area contributed by atoms with Gasteiger partial charge in [-0.15, -0.1) is 0 Å². The fourth-order valence-corrected chi connectivity index (χ4v) is 3.90. The minimum Gasteiger partial charge on any atom is -0.390 e. The SMILES string of the molecule is Cc1cccc(C)c1N1CCN(CC(O)CN2CCOCC2)CC1. The second-order valence-corrected chi connectivity index (χ2v) is 7.09. The summed E-state index contributed by atoms with van der Waals surface area (Å²) >= 11 is 0. The Balaban J connectivity index is 1.46. The third-order valence-corrected chi connectivity index (χ3v) is 5.17. The number of piperazine rings is 1. The van der Waals surface area contributed by atoms with Crippen LogP contribution in [0.1, 0.15) is 11.1 Å². The lowest BCUT2D eigenvalue weighted by molar-refractivity contribution is 0.00655. The highest BCUT2D eigenvalue weighted by molar-refractivity contribution is 5.59. The van der Waals surface area contributed by atoms with Gasteiger partial charge in [0.1, 0.15) is 0 Å². The summed E-state index contributed by atoms with van der Waals surface area (Å²) in [5.74, 6) is 0. The van der Waals surface area contributed by atoms with E-state index in [-0.39, 0.29) is 6.10 Å². The molecule has 5 heteroatoms. The number of β-amino-alcohol motifs (C(OH)–C–C–N with tert-alkyl or cyclic N) is 1. The minimum atomic E-state index is -0.269. The Morgan fingerprint density at radius 2 is 1.46 bits per heavy atom. The second-order valence-electron chi connectivity index (χ2n) is 7.09. The molecule has 1 unspecified atom stereocenters. The van der Waals surface area contributed by atoms with E-state index in [9.17, 15) is 5.11 Å². The molecule has 0 saturated carbocycles. The first-order chi connectivity index (χ1) is 11.6. The first kappa shape index (κ1) is 17.7. The van der Waals surface area contributed by atoms with Gasteiger partial charge in [-0.2, -0.15) is 0 Å². The summed E-state index contributed by atoms with van der Waals surface area (Å²) in [7, 11) is 0. The van der Waals surface area contributed by atoms with Crippen LogP contribution in [0.15, 0.2) is 18.2 Å². The molecule has 1 N–H and O–H groups in total. The quantitative estimate of drug-likeness (QED) is 0.874. The van der Waals surface area contributed by atoms with Crippen molar-refractivity contribution in [2.45, 2.75) is 20.0 Å². The van der Waals surface area contributed by atoms with Crippen LogP contribution in [0.5, 0.6) is 0 Å². The van der Waals surface area contributed by atoms with Crippen molar-refractivity contribution in [3.63, 3.8) is 0 Å². The van der Waals surface area contributed by atoms with Crippen LogP contribution < -0.4 is 4.90 Å². The summed E-state index contributed by atoms with van der Waals surface area (Å²) in [4.78, 5) is 7.20. The van der Waals surface area contributed by atoms with Crippen molar-refractivity contribution in [2.24, 2.45) is 0 Å². The van der Waals surface area contributed by atoms with Crippen LogP contribution in [0, 0.1) is 13.8 Å². The molecule has 0 spiro atoms. The third-order valence-electron chi connectivity index (χ3n) is 5.17. The van der Waals surface area contributed by atoms with E-state index in [0.717, 1.165) is 65.6 Å². The Hall–Kier alpha value is -1.14. The molecule has 1 aromatic rings. The highest BCUT2D eigenvalue weighted by atomic mass is 16.5. The Morgan fingerprint density at radius 1 is 0.917 bits per heavy atom. The van der Waals surface area contributed by atoms with Gasteiger partial charge in [-0.3, -0.25) is 9.80 Å². The van der Waals surface area contributed by atoms with Gasteiger partial charge in [0.2, 0.25) is 0 Å². The summed E-state index contributed by atoms with van der Waals surface area (Å²) in [5, 5.41) is 10.4. The van der Waals surface area contributed by atoms with E-state index in [4.69, 9.17) is 4.74 Å². The fraction of sp³-hybridized carbons (Fsp3) is 0.684. The summed E-state index contributed by atoms with van der Waals surface area (Å²) < 4.78 is 5.37. The second kappa shape index (κ2) is 8.30. The van der Waals surface area contributed by atoms with Crippen LogP contribution >= 0.6 is 0 Å². The average Bonchev–Trinajstić information content (AvgIpc) is 2.57. The van der Waals surface area contributed by atoms with Gasteiger partial charge in [0.05, 0.1) is 19.3 Å². The van der Waals surface area contributed by atoms with Gasteiger partial charge in [0.25, 0.3) is 0 Å². The maximum absolute atomic E-state index is 10.4. The average molecular weight is 333 g/mol. The highest BCUT2D eigenvalue weighted by Crippen LogP contribution is 2.25. The van der Waals surface area contributed by atoms with Crippen LogP contribution in [-0.4, -0.2) is 86.6 Å². The predicted molar refractivity (Wildman–Crippen MR) is 97.8 cm³/mol. The Bertz CT molecular complexity index is 503. The molecule has 24 heavy (non-hydrogen) atoms. The lowest BCUT2D eigenvalue weighted by atomic mass is 10.1. The summed E-state index contributed by atoms with van der Waals surface area (Å²) in [6.07, 6.45) is -0.269. The topological polar surface area (TPSA) is 39.2 Å². The van der Waals surface area contributed by atoms with Gasteiger partial charge in [0.15, 0.2) is 0 Å². The fourth-order valence-electron chi connectivity index (χ4n) is 3.90. The number of benzene rings is 1. The third kappa shape index (κ3) is 4.48. The lowest BCUT2D eigenvalue weighted by Crippen LogP contribution is -2.51. The Labute approximate surface area is 145 Å². The molecule has 134 valence electrons. The molecule has 0 bridgehead atoms. The first-order valence-electron chi connectivity index (χ1n) is 9.15. The molecule has 0 aliphatic carbocycles. The van der Waals surface area contributed by atoms with Gasteiger partial charge >= 0.3 is 0 Å². The number of nitrogens with zero attached hydrogens (tertiary/aromatic N) is 3. The zero-order valence-corrected chi connectivity index (χ0v) is 15.1. The minimum absolute atomic E-state index is 0.269. The number of hydrogen-bond donors (Lipinski definition) is 1. The number of aliphatic hydroxyl groups is 1. The van der Waals surface area contributed by atoms with Gasteiger partial charge in [-0.25, -0.2) is 0 Å².